The van der Waals surface area contributed by atoms with Crippen molar-refractivity contribution in [2.75, 3.05) is 7.11 Å². The molecule has 0 radical (unpaired) electrons. The number of nitrogens with zero attached hydrogens (tertiary/aromatic N) is 1. The van der Waals surface area contributed by atoms with Gasteiger partial charge in [0.25, 0.3) is 0 Å². The third kappa shape index (κ3) is 1.33. The Balaban J connectivity index is 2.19. The van der Waals surface area contributed by atoms with Crippen LogP contribution in [-0.2, 0) is 19.3 Å². The second kappa shape index (κ2) is 3.16. The van der Waals surface area contributed by atoms with E-state index in [1.165, 1.54) is 13.2 Å². The molecule has 0 aromatic rings. The van der Waals surface area contributed by atoms with Crippen LogP contribution in [0, 0.1) is 0 Å². The van der Waals surface area contributed by atoms with Gasteiger partial charge in [0.05, 0.1) is 13.3 Å². The normalized spacial score (nSPS) is 35.0. The molecule has 0 saturated carbocycles. The number of esters is 1. The zero-order chi connectivity index (χ0) is 10.2. The molecule has 2 aliphatic rings. The SMILES string of the molecule is COC(=O)/C=C(\C)C12C=NC(N1)OO2. The molecule has 2 unspecified atom stereocenters. The van der Waals surface area contributed by atoms with Crippen molar-refractivity contribution in [3.63, 3.8) is 0 Å². The lowest BCUT2D eigenvalue weighted by molar-refractivity contribution is -0.307. The number of hydrogen-bond donors (Lipinski definition) is 1. The van der Waals surface area contributed by atoms with Crippen LogP contribution in [0.5, 0.6) is 0 Å². The Morgan fingerprint density at radius 2 is 2.57 bits per heavy atom. The third-order valence-electron chi connectivity index (χ3n) is 2.12. The smallest absolute Gasteiger partial charge is 0.330 e. The van der Waals surface area contributed by atoms with Gasteiger partial charge in [0, 0.05) is 6.08 Å². The van der Waals surface area contributed by atoms with Gasteiger partial charge in [-0.25, -0.2) is 15.1 Å². The Morgan fingerprint density at radius 1 is 1.79 bits per heavy atom. The number of ether oxygens (including phenoxy) is 1. The van der Waals surface area contributed by atoms with Crippen molar-refractivity contribution in [3.05, 3.63) is 11.6 Å². The maximum absolute atomic E-state index is 11.0. The zero-order valence-electron chi connectivity index (χ0n) is 7.81. The van der Waals surface area contributed by atoms with Gasteiger partial charge < -0.3 is 4.74 Å². The van der Waals surface area contributed by atoms with Crippen molar-refractivity contribution in [2.45, 2.75) is 19.0 Å². The van der Waals surface area contributed by atoms with Crippen LogP contribution in [-0.4, -0.2) is 31.4 Å². The van der Waals surface area contributed by atoms with Crippen LogP contribution in [0.3, 0.4) is 0 Å². The second-order valence-corrected chi connectivity index (χ2v) is 3.04. The number of methoxy groups -OCH3 is 1. The van der Waals surface area contributed by atoms with E-state index in [0.29, 0.717) is 5.57 Å². The van der Waals surface area contributed by atoms with Crippen molar-refractivity contribution >= 4 is 12.2 Å². The summed E-state index contributed by atoms with van der Waals surface area (Å²) >= 11 is 0. The fourth-order valence-electron chi connectivity index (χ4n) is 1.27. The summed E-state index contributed by atoms with van der Waals surface area (Å²) in [7, 11) is 1.31. The molecule has 0 amide bonds. The summed E-state index contributed by atoms with van der Waals surface area (Å²) in [4.78, 5) is 24.7. The van der Waals surface area contributed by atoms with Crippen LogP contribution in [0.2, 0.25) is 0 Å². The first-order chi connectivity index (χ1) is 6.66. The molecule has 0 aliphatic carbocycles. The minimum atomic E-state index is -0.904. The molecular formula is C8H10N2O4. The first kappa shape index (κ1) is 9.32. The summed E-state index contributed by atoms with van der Waals surface area (Å²) in [5.41, 5.74) is -0.271. The van der Waals surface area contributed by atoms with Crippen molar-refractivity contribution < 1.29 is 19.3 Å². The maximum Gasteiger partial charge on any atom is 0.330 e. The molecule has 1 saturated heterocycles. The molecule has 14 heavy (non-hydrogen) atoms. The molecule has 6 heteroatoms. The Kier molecular flexibility index (Phi) is 2.10. The number of carbonyl (C=O) groups excluding carboxylic acids is 1. The van der Waals surface area contributed by atoms with E-state index in [1.807, 2.05) is 0 Å². The Hall–Kier alpha value is -1.24. The topological polar surface area (TPSA) is 69.2 Å². The van der Waals surface area contributed by atoms with Crippen LogP contribution in [0.15, 0.2) is 16.6 Å². The molecule has 0 aromatic heterocycles. The molecule has 76 valence electrons. The lowest BCUT2D eigenvalue weighted by Crippen LogP contribution is -2.42. The van der Waals surface area contributed by atoms with Gasteiger partial charge in [-0.05, 0) is 12.5 Å². The number of nitrogens with one attached hydrogen (secondary N) is 1. The summed E-state index contributed by atoms with van der Waals surface area (Å²) in [5, 5.41) is 2.93. The molecule has 1 fully saturated rings. The molecule has 1 N–H and O–H groups in total. The summed E-state index contributed by atoms with van der Waals surface area (Å²) in [6.07, 6.45) is 2.42. The van der Waals surface area contributed by atoms with Crippen LogP contribution in [0.4, 0.5) is 0 Å². The van der Waals surface area contributed by atoms with Crippen LogP contribution >= 0.6 is 0 Å². The highest BCUT2D eigenvalue weighted by Crippen LogP contribution is 2.28. The summed E-state index contributed by atoms with van der Waals surface area (Å²) in [5.74, 6) is -0.439. The van der Waals surface area contributed by atoms with Gasteiger partial charge >= 0.3 is 5.97 Å². The van der Waals surface area contributed by atoms with E-state index in [9.17, 15) is 4.79 Å². The lowest BCUT2D eigenvalue weighted by Gasteiger charge is -2.19. The molecule has 6 nitrogen and oxygen atoms in total. The van der Waals surface area contributed by atoms with Crippen LogP contribution in [0.25, 0.3) is 0 Å². The van der Waals surface area contributed by atoms with E-state index in [2.05, 4.69) is 15.0 Å². The Labute approximate surface area is 80.5 Å². The largest absolute Gasteiger partial charge is 0.466 e. The number of carbonyl (C=O) groups is 1. The van der Waals surface area contributed by atoms with Gasteiger partial charge in [-0.2, -0.15) is 9.78 Å². The lowest BCUT2D eigenvalue weighted by atomic mass is 10.1. The summed E-state index contributed by atoms with van der Waals surface area (Å²) < 4.78 is 4.50. The standard InChI is InChI=1S/C8H10N2O4/c1-5(3-6(11)12-2)8-4-9-7(10-8)13-14-8/h3-4,7,10H,1-2H3/b5-3+. The van der Waals surface area contributed by atoms with Crippen LogP contribution < -0.4 is 5.32 Å². The van der Waals surface area contributed by atoms with Gasteiger partial charge in [0.2, 0.25) is 12.1 Å². The van der Waals surface area contributed by atoms with Crippen molar-refractivity contribution in [3.8, 4) is 0 Å². The molecule has 2 aliphatic heterocycles. The molecule has 2 bridgehead atoms. The number of aliphatic imine (C=N–C) groups is 1. The van der Waals surface area contributed by atoms with E-state index in [1.54, 1.807) is 13.1 Å². The summed E-state index contributed by atoms with van der Waals surface area (Å²) in [6, 6.07) is 0. The number of rotatable bonds is 2. The first-order valence-electron chi connectivity index (χ1n) is 4.09. The number of fused-ring (bicyclic) bond motifs is 2. The first-order valence-corrected chi connectivity index (χ1v) is 4.09. The van der Waals surface area contributed by atoms with Crippen molar-refractivity contribution in [2.24, 2.45) is 4.99 Å². The highest BCUT2D eigenvalue weighted by atomic mass is 17.2. The second-order valence-electron chi connectivity index (χ2n) is 3.04. The molecular weight excluding hydrogens is 188 g/mol. The predicted molar refractivity (Wildman–Crippen MR) is 46.1 cm³/mol. The number of hydrogen-bond acceptors (Lipinski definition) is 6. The van der Waals surface area contributed by atoms with Crippen LogP contribution in [0.1, 0.15) is 6.92 Å². The zero-order valence-corrected chi connectivity index (χ0v) is 7.81. The summed E-state index contributed by atoms with van der Waals surface area (Å²) in [6.45, 7) is 1.73. The van der Waals surface area contributed by atoms with E-state index in [-0.39, 0.29) is 0 Å². The molecule has 2 atom stereocenters. The maximum atomic E-state index is 11.0. The van der Waals surface area contributed by atoms with Gasteiger partial charge in [0.1, 0.15) is 0 Å². The molecule has 0 spiro atoms. The van der Waals surface area contributed by atoms with Gasteiger partial charge in [-0.3, -0.25) is 0 Å². The van der Waals surface area contributed by atoms with E-state index in [0.717, 1.165) is 0 Å². The van der Waals surface area contributed by atoms with Crippen molar-refractivity contribution in [1.82, 2.24) is 5.32 Å². The fourth-order valence-corrected chi connectivity index (χ4v) is 1.27. The highest BCUT2D eigenvalue weighted by Gasteiger charge is 2.47. The van der Waals surface area contributed by atoms with Crippen molar-refractivity contribution in [1.29, 1.82) is 0 Å². The Bertz CT molecular complexity index is 325. The highest BCUT2D eigenvalue weighted by molar-refractivity contribution is 5.86. The minimum Gasteiger partial charge on any atom is -0.466 e. The molecule has 0 aromatic carbocycles. The van der Waals surface area contributed by atoms with E-state index >= 15 is 0 Å². The van der Waals surface area contributed by atoms with Gasteiger partial charge in [-0.1, -0.05) is 0 Å². The average molecular weight is 198 g/mol. The fraction of sp³-hybridized carbons (Fsp3) is 0.500. The van der Waals surface area contributed by atoms with E-state index in [4.69, 9.17) is 9.78 Å². The predicted octanol–water partition coefficient (Wildman–Crippen LogP) is -0.279. The van der Waals surface area contributed by atoms with Gasteiger partial charge in [0.15, 0.2) is 0 Å². The quantitative estimate of drug-likeness (QED) is 0.375. The van der Waals surface area contributed by atoms with E-state index < -0.39 is 18.0 Å². The van der Waals surface area contributed by atoms with Gasteiger partial charge in [-0.15, -0.1) is 0 Å². The Morgan fingerprint density at radius 3 is 3.00 bits per heavy atom. The monoisotopic (exact) mass is 198 g/mol. The molecule has 2 heterocycles. The molecule has 2 rings (SSSR count). The minimum absolute atomic E-state index is 0.439. The third-order valence-corrected chi connectivity index (χ3v) is 2.12. The average Bonchev–Trinajstić information content (AvgIpc) is 2.78.